The van der Waals surface area contributed by atoms with Crippen LogP contribution in [0.4, 0.5) is 0 Å². The van der Waals surface area contributed by atoms with Gasteiger partial charge in [-0.1, -0.05) is 65.4 Å². The van der Waals surface area contributed by atoms with Crippen LogP contribution in [-0.2, 0) is 0 Å². The Balaban J connectivity index is 1.88. The van der Waals surface area contributed by atoms with Crippen LogP contribution < -0.4 is 5.56 Å². The standard InChI is InChI=1S/C21H12ClN3OS/c22-14-10-11-17-18(12-14)27-21(24-17)25-19(13-6-2-1-3-7-13)23-16-9-5-4-8-15(16)20(25)26/h1-12H. The van der Waals surface area contributed by atoms with E-state index in [0.29, 0.717) is 26.9 Å². The van der Waals surface area contributed by atoms with E-state index < -0.39 is 0 Å². The molecule has 2 aromatic heterocycles. The number of rotatable bonds is 2. The minimum Gasteiger partial charge on any atom is -0.268 e. The Bertz CT molecular complexity index is 1360. The second kappa shape index (κ2) is 6.30. The van der Waals surface area contributed by atoms with Gasteiger partial charge >= 0.3 is 0 Å². The Morgan fingerprint density at radius 1 is 0.852 bits per heavy atom. The Kier molecular flexibility index (Phi) is 3.77. The summed E-state index contributed by atoms with van der Waals surface area (Å²) in [5, 5.41) is 1.79. The summed E-state index contributed by atoms with van der Waals surface area (Å²) in [5.41, 5.74) is 2.20. The number of hydrogen-bond donors (Lipinski definition) is 0. The van der Waals surface area contributed by atoms with Crippen molar-refractivity contribution >= 4 is 44.1 Å². The van der Waals surface area contributed by atoms with Gasteiger partial charge in [0.25, 0.3) is 5.56 Å². The zero-order valence-electron chi connectivity index (χ0n) is 14.0. The van der Waals surface area contributed by atoms with Crippen LogP contribution in [0.1, 0.15) is 0 Å². The maximum atomic E-state index is 13.3. The molecule has 0 spiro atoms. The number of nitrogens with zero attached hydrogens (tertiary/aromatic N) is 3. The summed E-state index contributed by atoms with van der Waals surface area (Å²) in [4.78, 5) is 22.8. The van der Waals surface area contributed by atoms with Crippen molar-refractivity contribution in [1.29, 1.82) is 0 Å². The Morgan fingerprint density at radius 2 is 1.63 bits per heavy atom. The number of thiazole rings is 1. The van der Waals surface area contributed by atoms with E-state index in [1.54, 1.807) is 16.7 Å². The number of para-hydroxylation sites is 1. The molecule has 0 radical (unpaired) electrons. The average molecular weight is 390 g/mol. The molecule has 0 atom stereocenters. The molecule has 2 heterocycles. The molecule has 0 saturated carbocycles. The minimum absolute atomic E-state index is 0.135. The van der Waals surface area contributed by atoms with Crippen molar-refractivity contribution in [3.63, 3.8) is 0 Å². The van der Waals surface area contributed by atoms with Crippen LogP contribution in [-0.4, -0.2) is 14.5 Å². The van der Waals surface area contributed by atoms with Gasteiger partial charge in [-0.3, -0.25) is 4.79 Å². The third-order valence-corrected chi connectivity index (χ3v) is 5.58. The van der Waals surface area contributed by atoms with Crippen LogP contribution in [0, 0.1) is 0 Å². The first-order chi connectivity index (χ1) is 13.2. The molecule has 0 aliphatic heterocycles. The fourth-order valence-corrected chi connectivity index (χ4v) is 4.32. The summed E-state index contributed by atoms with van der Waals surface area (Å²) >= 11 is 7.53. The van der Waals surface area contributed by atoms with Crippen LogP contribution in [0.15, 0.2) is 77.6 Å². The summed E-state index contributed by atoms with van der Waals surface area (Å²) < 4.78 is 2.52. The SMILES string of the molecule is O=c1c2ccccc2nc(-c2ccccc2)n1-c1nc2ccc(Cl)cc2s1. The lowest BCUT2D eigenvalue weighted by atomic mass is 10.2. The van der Waals surface area contributed by atoms with Crippen molar-refractivity contribution in [1.82, 2.24) is 14.5 Å². The van der Waals surface area contributed by atoms with Gasteiger partial charge in [0, 0.05) is 10.6 Å². The highest BCUT2D eigenvalue weighted by atomic mass is 35.5. The van der Waals surface area contributed by atoms with Gasteiger partial charge in [0.15, 0.2) is 5.13 Å². The molecule has 0 N–H and O–H groups in total. The Hall–Kier alpha value is -3.02. The lowest BCUT2D eigenvalue weighted by molar-refractivity contribution is 0.965. The molecule has 0 fully saturated rings. The molecule has 0 bridgehead atoms. The van der Waals surface area contributed by atoms with E-state index in [2.05, 4.69) is 4.98 Å². The molecule has 0 amide bonds. The van der Waals surface area contributed by atoms with E-state index >= 15 is 0 Å². The summed E-state index contributed by atoms with van der Waals surface area (Å²) in [7, 11) is 0. The zero-order valence-corrected chi connectivity index (χ0v) is 15.5. The summed E-state index contributed by atoms with van der Waals surface area (Å²) in [5.74, 6) is 0.574. The fraction of sp³-hybridized carbons (Fsp3) is 0. The highest BCUT2D eigenvalue weighted by Crippen LogP contribution is 2.29. The summed E-state index contributed by atoms with van der Waals surface area (Å²) in [6.07, 6.45) is 0. The highest BCUT2D eigenvalue weighted by Gasteiger charge is 2.17. The van der Waals surface area contributed by atoms with Crippen molar-refractivity contribution in [2.24, 2.45) is 0 Å². The van der Waals surface area contributed by atoms with Crippen LogP contribution in [0.3, 0.4) is 0 Å². The predicted octanol–water partition coefficient (Wildman–Crippen LogP) is 5.32. The number of hydrogen-bond acceptors (Lipinski definition) is 4. The predicted molar refractivity (Wildman–Crippen MR) is 111 cm³/mol. The van der Waals surface area contributed by atoms with Gasteiger partial charge in [0.05, 0.1) is 21.1 Å². The topological polar surface area (TPSA) is 47.8 Å². The molecule has 0 unspecified atom stereocenters. The average Bonchev–Trinajstić information content (AvgIpc) is 3.11. The first-order valence-electron chi connectivity index (χ1n) is 8.34. The van der Waals surface area contributed by atoms with E-state index in [1.165, 1.54) is 11.3 Å². The van der Waals surface area contributed by atoms with Gasteiger partial charge in [-0.2, -0.15) is 0 Å². The maximum absolute atomic E-state index is 13.3. The molecule has 0 saturated heterocycles. The van der Waals surface area contributed by atoms with E-state index in [9.17, 15) is 4.79 Å². The van der Waals surface area contributed by atoms with Gasteiger partial charge < -0.3 is 0 Å². The van der Waals surface area contributed by atoms with Gasteiger partial charge in [-0.15, -0.1) is 0 Å². The van der Waals surface area contributed by atoms with E-state index in [0.717, 1.165) is 15.8 Å². The van der Waals surface area contributed by atoms with Gasteiger partial charge in [0.2, 0.25) is 0 Å². The van der Waals surface area contributed by atoms with Crippen LogP contribution in [0.5, 0.6) is 0 Å². The molecule has 5 aromatic rings. The first-order valence-corrected chi connectivity index (χ1v) is 9.54. The molecule has 0 aliphatic carbocycles. The van der Waals surface area contributed by atoms with Crippen molar-refractivity contribution < 1.29 is 0 Å². The number of halogens is 1. The van der Waals surface area contributed by atoms with Crippen molar-refractivity contribution in [2.75, 3.05) is 0 Å². The molecule has 5 rings (SSSR count). The van der Waals surface area contributed by atoms with Crippen LogP contribution in [0.2, 0.25) is 5.02 Å². The minimum atomic E-state index is -0.135. The third kappa shape index (κ3) is 2.72. The molecular formula is C21H12ClN3OS. The number of benzene rings is 3. The fourth-order valence-electron chi connectivity index (χ4n) is 3.07. The molecule has 130 valence electrons. The second-order valence-corrected chi connectivity index (χ2v) is 7.51. The molecule has 4 nitrogen and oxygen atoms in total. The molecule has 6 heteroatoms. The second-order valence-electron chi connectivity index (χ2n) is 6.07. The van der Waals surface area contributed by atoms with Gasteiger partial charge in [-0.05, 0) is 30.3 Å². The summed E-state index contributed by atoms with van der Waals surface area (Å²) in [6.45, 7) is 0. The maximum Gasteiger partial charge on any atom is 0.268 e. The van der Waals surface area contributed by atoms with Crippen molar-refractivity contribution in [3.05, 3.63) is 88.2 Å². The Morgan fingerprint density at radius 3 is 2.48 bits per heavy atom. The van der Waals surface area contributed by atoms with E-state index in [-0.39, 0.29) is 5.56 Å². The lowest BCUT2D eigenvalue weighted by Crippen LogP contribution is -2.21. The first kappa shape index (κ1) is 16.2. The van der Waals surface area contributed by atoms with Crippen molar-refractivity contribution in [2.45, 2.75) is 0 Å². The summed E-state index contributed by atoms with van der Waals surface area (Å²) in [6, 6.07) is 22.6. The normalized spacial score (nSPS) is 11.3. The quantitative estimate of drug-likeness (QED) is 0.410. The van der Waals surface area contributed by atoms with Gasteiger partial charge in [-0.25, -0.2) is 14.5 Å². The lowest BCUT2D eigenvalue weighted by Gasteiger charge is -2.11. The van der Waals surface area contributed by atoms with E-state index in [1.807, 2.05) is 60.7 Å². The molecule has 27 heavy (non-hydrogen) atoms. The Labute approximate surface area is 163 Å². The molecule has 0 aliphatic rings. The largest absolute Gasteiger partial charge is 0.268 e. The number of aromatic nitrogens is 3. The van der Waals surface area contributed by atoms with Crippen molar-refractivity contribution in [3.8, 4) is 16.5 Å². The highest BCUT2D eigenvalue weighted by molar-refractivity contribution is 7.20. The molecule has 3 aromatic carbocycles. The van der Waals surface area contributed by atoms with Crippen LogP contribution >= 0.6 is 22.9 Å². The third-order valence-electron chi connectivity index (χ3n) is 4.34. The number of fused-ring (bicyclic) bond motifs is 2. The van der Waals surface area contributed by atoms with Crippen LogP contribution in [0.25, 0.3) is 37.6 Å². The van der Waals surface area contributed by atoms with Gasteiger partial charge in [0.1, 0.15) is 5.82 Å². The zero-order chi connectivity index (χ0) is 18.4. The van der Waals surface area contributed by atoms with E-state index in [4.69, 9.17) is 16.6 Å². The monoisotopic (exact) mass is 389 g/mol. The molecular weight excluding hydrogens is 378 g/mol. The smallest absolute Gasteiger partial charge is 0.268 e.